The van der Waals surface area contributed by atoms with Crippen molar-refractivity contribution in [1.29, 1.82) is 0 Å². The van der Waals surface area contributed by atoms with Crippen LogP contribution in [-0.4, -0.2) is 16.9 Å². The number of benzene rings is 1. The van der Waals surface area contributed by atoms with E-state index >= 15 is 0 Å². The van der Waals surface area contributed by atoms with Gasteiger partial charge in [-0.25, -0.2) is 14.7 Å². The Morgan fingerprint density at radius 1 is 1.30 bits per heavy atom. The summed E-state index contributed by atoms with van der Waals surface area (Å²) in [6.07, 6.45) is 1.61. The molecular formula is C16H13BrClN3O2. The number of aromatic nitrogens is 1. The third kappa shape index (κ3) is 2.96. The number of amides is 3. The lowest BCUT2D eigenvalue weighted by atomic mass is 9.86. The Labute approximate surface area is 146 Å². The summed E-state index contributed by atoms with van der Waals surface area (Å²) < 4.78 is 0.672. The zero-order valence-corrected chi connectivity index (χ0v) is 14.6. The Morgan fingerprint density at radius 2 is 2.00 bits per heavy atom. The molecule has 1 aliphatic rings. The highest BCUT2D eigenvalue weighted by Gasteiger charge is 2.42. The Bertz CT molecular complexity index is 764. The number of carbonyl (C=O) groups excluding carboxylic acids is 2. The van der Waals surface area contributed by atoms with E-state index < -0.39 is 11.6 Å². The molecule has 1 atom stereocenters. The van der Waals surface area contributed by atoms with Crippen LogP contribution in [0.2, 0.25) is 5.02 Å². The van der Waals surface area contributed by atoms with Gasteiger partial charge >= 0.3 is 6.03 Å². The summed E-state index contributed by atoms with van der Waals surface area (Å²) in [6.45, 7) is 1.83. The molecule has 7 heteroatoms. The zero-order valence-electron chi connectivity index (χ0n) is 12.2. The van der Waals surface area contributed by atoms with Crippen LogP contribution >= 0.6 is 27.5 Å². The molecule has 23 heavy (non-hydrogen) atoms. The van der Waals surface area contributed by atoms with Crippen LogP contribution in [0.3, 0.4) is 0 Å². The molecule has 1 aromatic carbocycles. The molecular weight excluding hydrogens is 382 g/mol. The second kappa shape index (κ2) is 5.94. The minimum Gasteiger partial charge on any atom is -0.328 e. The maximum Gasteiger partial charge on any atom is 0.330 e. The molecule has 3 amide bonds. The van der Waals surface area contributed by atoms with Gasteiger partial charge in [0.2, 0.25) is 5.91 Å². The highest BCUT2D eigenvalue weighted by molar-refractivity contribution is 9.10. The molecule has 2 heterocycles. The lowest BCUT2D eigenvalue weighted by Gasteiger charge is -2.38. The Hall–Kier alpha value is -1.92. The Balaban J connectivity index is 1.94. The van der Waals surface area contributed by atoms with Crippen LogP contribution in [0.15, 0.2) is 47.1 Å². The molecule has 1 aromatic heterocycles. The van der Waals surface area contributed by atoms with E-state index in [0.29, 0.717) is 4.47 Å². The molecule has 0 spiro atoms. The van der Waals surface area contributed by atoms with Gasteiger partial charge in [-0.15, -0.1) is 0 Å². The van der Waals surface area contributed by atoms with Crippen LogP contribution in [0.4, 0.5) is 10.6 Å². The van der Waals surface area contributed by atoms with Gasteiger partial charge in [0.05, 0.1) is 17.0 Å². The third-order valence-electron chi connectivity index (χ3n) is 3.75. The standard InChI is InChI=1S/C16H13BrClN3O2/c1-16(10-5-3-2-4-6-10)8-13(22)21(15(23)20-16)14-12(18)7-11(17)9-19-14/h2-7,9H,8H2,1H3,(H,20,23). The van der Waals surface area contributed by atoms with E-state index in [2.05, 4.69) is 26.2 Å². The predicted molar refractivity (Wildman–Crippen MR) is 91.4 cm³/mol. The van der Waals surface area contributed by atoms with Crippen molar-refractivity contribution < 1.29 is 9.59 Å². The highest BCUT2D eigenvalue weighted by atomic mass is 79.9. The molecule has 0 saturated carbocycles. The summed E-state index contributed by atoms with van der Waals surface area (Å²) in [5, 5.41) is 3.11. The van der Waals surface area contributed by atoms with E-state index in [0.717, 1.165) is 10.5 Å². The topological polar surface area (TPSA) is 62.3 Å². The van der Waals surface area contributed by atoms with E-state index in [1.54, 1.807) is 6.07 Å². The summed E-state index contributed by atoms with van der Waals surface area (Å²) in [6, 6.07) is 10.5. The fraction of sp³-hybridized carbons (Fsp3) is 0.188. The SMILES string of the molecule is CC1(c2ccccc2)CC(=O)N(c2ncc(Br)cc2Cl)C(=O)N1. The molecule has 0 radical (unpaired) electrons. The van der Waals surface area contributed by atoms with Gasteiger partial charge in [0.25, 0.3) is 0 Å². The first-order valence-electron chi connectivity index (χ1n) is 6.92. The smallest absolute Gasteiger partial charge is 0.328 e. The Kier molecular flexibility index (Phi) is 4.12. The Morgan fingerprint density at radius 3 is 2.61 bits per heavy atom. The fourth-order valence-electron chi connectivity index (χ4n) is 2.60. The largest absolute Gasteiger partial charge is 0.330 e. The molecule has 1 fully saturated rings. The number of halogens is 2. The second-order valence-electron chi connectivity index (χ2n) is 5.49. The molecule has 118 valence electrons. The van der Waals surface area contributed by atoms with Gasteiger partial charge in [0, 0.05) is 10.7 Å². The van der Waals surface area contributed by atoms with Crippen molar-refractivity contribution in [1.82, 2.24) is 10.3 Å². The van der Waals surface area contributed by atoms with Gasteiger partial charge in [-0.2, -0.15) is 0 Å². The summed E-state index contributed by atoms with van der Waals surface area (Å²) in [5.74, 6) is -0.218. The number of anilines is 1. The summed E-state index contributed by atoms with van der Waals surface area (Å²) in [5.41, 5.74) is 0.115. The van der Waals surface area contributed by atoms with Gasteiger partial charge in [-0.1, -0.05) is 41.9 Å². The molecule has 1 N–H and O–H groups in total. The van der Waals surface area contributed by atoms with E-state index in [1.165, 1.54) is 6.20 Å². The van der Waals surface area contributed by atoms with E-state index in [1.807, 2.05) is 37.3 Å². The number of carbonyl (C=O) groups is 2. The van der Waals surface area contributed by atoms with Crippen LogP contribution in [-0.2, 0) is 10.3 Å². The number of nitrogens with one attached hydrogen (secondary N) is 1. The fourth-order valence-corrected chi connectivity index (χ4v) is 3.31. The van der Waals surface area contributed by atoms with Crippen LogP contribution < -0.4 is 10.2 Å². The number of pyridine rings is 1. The van der Waals surface area contributed by atoms with E-state index in [-0.39, 0.29) is 23.2 Å². The molecule has 1 saturated heterocycles. The van der Waals surface area contributed by atoms with Crippen LogP contribution in [0.5, 0.6) is 0 Å². The van der Waals surface area contributed by atoms with Gasteiger partial charge in [-0.3, -0.25) is 4.79 Å². The van der Waals surface area contributed by atoms with Gasteiger partial charge < -0.3 is 5.32 Å². The van der Waals surface area contributed by atoms with Crippen molar-refractivity contribution in [3.8, 4) is 0 Å². The minimum absolute atomic E-state index is 0.122. The second-order valence-corrected chi connectivity index (χ2v) is 6.82. The number of rotatable bonds is 2. The number of hydrogen-bond donors (Lipinski definition) is 1. The molecule has 1 aliphatic heterocycles. The van der Waals surface area contributed by atoms with E-state index in [9.17, 15) is 9.59 Å². The summed E-state index contributed by atoms with van der Waals surface area (Å²) >= 11 is 9.36. The van der Waals surface area contributed by atoms with Crippen LogP contribution in [0.25, 0.3) is 0 Å². The van der Waals surface area contributed by atoms with Crippen LogP contribution in [0.1, 0.15) is 18.9 Å². The van der Waals surface area contributed by atoms with Crippen molar-refractivity contribution in [2.75, 3.05) is 4.90 Å². The number of nitrogens with zero attached hydrogens (tertiary/aromatic N) is 2. The number of hydrogen-bond acceptors (Lipinski definition) is 3. The average molecular weight is 395 g/mol. The van der Waals surface area contributed by atoms with Crippen molar-refractivity contribution in [2.45, 2.75) is 18.9 Å². The van der Waals surface area contributed by atoms with Crippen molar-refractivity contribution in [3.63, 3.8) is 0 Å². The molecule has 5 nitrogen and oxygen atoms in total. The monoisotopic (exact) mass is 393 g/mol. The first-order chi connectivity index (χ1) is 10.9. The van der Waals surface area contributed by atoms with E-state index in [4.69, 9.17) is 11.6 Å². The predicted octanol–water partition coefficient (Wildman–Crippen LogP) is 3.86. The molecule has 3 rings (SSSR count). The summed E-state index contributed by atoms with van der Waals surface area (Å²) in [4.78, 5) is 30.2. The lowest BCUT2D eigenvalue weighted by molar-refractivity contribution is -0.120. The maximum absolute atomic E-state index is 12.6. The van der Waals surface area contributed by atoms with Gasteiger partial charge in [0.1, 0.15) is 0 Å². The minimum atomic E-state index is -0.756. The van der Waals surface area contributed by atoms with Crippen molar-refractivity contribution in [3.05, 3.63) is 57.7 Å². The normalized spacial score (nSPS) is 21.3. The number of urea groups is 1. The molecule has 1 unspecified atom stereocenters. The zero-order chi connectivity index (χ0) is 16.6. The lowest BCUT2D eigenvalue weighted by Crippen LogP contribution is -2.59. The average Bonchev–Trinajstić information content (AvgIpc) is 2.49. The van der Waals surface area contributed by atoms with Crippen LogP contribution in [0, 0.1) is 0 Å². The van der Waals surface area contributed by atoms with Crippen molar-refractivity contribution in [2.24, 2.45) is 0 Å². The van der Waals surface area contributed by atoms with Crippen molar-refractivity contribution >= 4 is 45.3 Å². The first kappa shape index (κ1) is 16.0. The molecule has 0 aliphatic carbocycles. The molecule has 2 aromatic rings. The third-order valence-corrected chi connectivity index (χ3v) is 4.46. The quantitative estimate of drug-likeness (QED) is 0.841. The summed E-state index contributed by atoms with van der Waals surface area (Å²) in [7, 11) is 0. The van der Waals surface area contributed by atoms with Gasteiger partial charge in [-0.05, 0) is 34.5 Å². The maximum atomic E-state index is 12.6. The molecule has 0 bridgehead atoms. The number of imide groups is 1. The first-order valence-corrected chi connectivity index (χ1v) is 8.09. The highest BCUT2D eigenvalue weighted by Crippen LogP contribution is 2.33. The van der Waals surface area contributed by atoms with Gasteiger partial charge in [0.15, 0.2) is 5.82 Å².